The molecule has 0 bridgehead atoms. The lowest BCUT2D eigenvalue weighted by Crippen LogP contribution is -2.38. The number of nitrogens with zero attached hydrogens (tertiary/aromatic N) is 8. The summed E-state index contributed by atoms with van der Waals surface area (Å²) >= 11 is 6.30. The van der Waals surface area contributed by atoms with Crippen molar-refractivity contribution in [2.45, 2.75) is 26.3 Å². The average molecular weight is 346 g/mol. The van der Waals surface area contributed by atoms with E-state index in [1.165, 1.54) is 0 Å². The summed E-state index contributed by atoms with van der Waals surface area (Å²) in [5.74, 6) is 2.52. The third-order valence-electron chi connectivity index (χ3n) is 4.32. The number of hydrogen-bond donors (Lipinski definition) is 0. The van der Waals surface area contributed by atoms with Gasteiger partial charge in [-0.25, -0.2) is 4.57 Å². The molecule has 124 valence electrons. The fourth-order valence-corrected chi connectivity index (χ4v) is 3.34. The summed E-state index contributed by atoms with van der Waals surface area (Å²) in [6, 6.07) is 0.0131. The Balaban J connectivity index is 2.04. The molecule has 0 aliphatic carbocycles. The van der Waals surface area contributed by atoms with E-state index in [9.17, 15) is 0 Å². The SMILES string of the molecule is CCC1c2nnc(C)n2-c2c[n+](C)c(Cl)nc2N1c1cnn(C)c1. The highest BCUT2D eigenvalue weighted by atomic mass is 35.5. The molecule has 4 heterocycles. The normalized spacial score (nSPS) is 16.2. The van der Waals surface area contributed by atoms with Gasteiger partial charge in [0, 0.05) is 24.8 Å². The third kappa shape index (κ3) is 2.02. The molecular formula is C15H18ClN8+. The number of halogens is 1. The Bertz CT molecular complexity index is 928. The highest BCUT2D eigenvalue weighted by molar-refractivity contribution is 6.27. The maximum absolute atomic E-state index is 6.30. The molecule has 0 amide bonds. The molecule has 0 spiro atoms. The minimum atomic E-state index is 0.0131. The zero-order valence-corrected chi connectivity index (χ0v) is 14.7. The summed E-state index contributed by atoms with van der Waals surface area (Å²) in [6.45, 7) is 4.07. The van der Waals surface area contributed by atoms with Crippen molar-refractivity contribution in [1.29, 1.82) is 0 Å². The molecule has 0 saturated carbocycles. The van der Waals surface area contributed by atoms with Crippen LogP contribution in [0.4, 0.5) is 11.5 Å². The average Bonchev–Trinajstić information content (AvgIpc) is 3.14. The smallest absolute Gasteiger partial charge is 0.290 e. The second-order valence-corrected chi connectivity index (χ2v) is 6.27. The van der Waals surface area contributed by atoms with Crippen molar-refractivity contribution in [3.05, 3.63) is 35.5 Å². The number of rotatable bonds is 2. The highest BCUT2D eigenvalue weighted by Crippen LogP contribution is 2.43. The molecule has 4 rings (SSSR count). The molecule has 3 aromatic rings. The van der Waals surface area contributed by atoms with Gasteiger partial charge in [-0.3, -0.25) is 14.1 Å². The molecule has 0 radical (unpaired) electrons. The van der Waals surface area contributed by atoms with Crippen LogP contribution < -0.4 is 9.47 Å². The van der Waals surface area contributed by atoms with Crippen molar-refractivity contribution in [2.75, 3.05) is 4.90 Å². The summed E-state index contributed by atoms with van der Waals surface area (Å²) < 4.78 is 5.62. The van der Waals surface area contributed by atoms with Crippen molar-refractivity contribution in [1.82, 2.24) is 29.5 Å². The molecule has 9 heteroatoms. The van der Waals surface area contributed by atoms with E-state index in [1.54, 1.807) is 9.25 Å². The number of hydrogen-bond acceptors (Lipinski definition) is 5. The quantitative estimate of drug-likeness (QED) is 0.523. The van der Waals surface area contributed by atoms with Crippen molar-refractivity contribution in [3.63, 3.8) is 0 Å². The van der Waals surface area contributed by atoms with E-state index in [4.69, 9.17) is 11.6 Å². The van der Waals surface area contributed by atoms with Crippen LogP contribution in [0.2, 0.25) is 5.28 Å². The Morgan fingerprint density at radius 2 is 2.12 bits per heavy atom. The van der Waals surface area contributed by atoms with Crippen LogP contribution in [0.1, 0.15) is 31.0 Å². The van der Waals surface area contributed by atoms with E-state index in [1.807, 2.05) is 39.6 Å². The molecule has 3 aromatic heterocycles. The monoisotopic (exact) mass is 345 g/mol. The van der Waals surface area contributed by atoms with Crippen molar-refractivity contribution >= 4 is 23.1 Å². The van der Waals surface area contributed by atoms with Gasteiger partial charge >= 0.3 is 5.28 Å². The number of fused-ring (bicyclic) bond motifs is 3. The summed E-state index contributed by atoms with van der Waals surface area (Å²) in [5, 5.41) is 13.4. The van der Waals surface area contributed by atoms with Crippen LogP contribution in [0, 0.1) is 6.92 Å². The Kier molecular flexibility index (Phi) is 3.31. The molecule has 8 nitrogen and oxygen atoms in total. The molecule has 24 heavy (non-hydrogen) atoms. The fourth-order valence-electron chi connectivity index (χ4n) is 3.21. The summed E-state index contributed by atoms with van der Waals surface area (Å²) in [4.78, 5) is 6.78. The van der Waals surface area contributed by atoms with Crippen molar-refractivity contribution < 1.29 is 4.57 Å². The Labute approximate surface area is 144 Å². The van der Waals surface area contributed by atoms with Crippen LogP contribution in [-0.2, 0) is 14.1 Å². The lowest BCUT2D eigenvalue weighted by molar-refractivity contribution is -0.671. The lowest BCUT2D eigenvalue weighted by atomic mass is 10.1. The second kappa shape index (κ2) is 5.27. The number of aryl methyl sites for hydroxylation is 3. The van der Waals surface area contributed by atoms with Gasteiger partial charge in [0.05, 0.1) is 25.0 Å². The topological polar surface area (TPSA) is 68.5 Å². The Hall–Kier alpha value is -2.48. The molecule has 0 saturated heterocycles. The van der Waals surface area contributed by atoms with E-state index in [-0.39, 0.29) is 6.04 Å². The first-order valence-electron chi connectivity index (χ1n) is 7.77. The first kappa shape index (κ1) is 15.1. The zero-order valence-electron chi connectivity index (χ0n) is 14.0. The van der Waals surface area contributed by atoms with Gasteiger partial charge in [-0.15, -0.1) is 10.2 Å². The summed E-state index contributed by atoms with van der Waals surface area (Å²) in [6.07, 6.45) is 6.61. The fraction of sp³-hybridized carbons (Fsp3) is 0.400. The zero-order chi connectivity index (χ0) is 17.0. The Morgan fingerprint density at radius 1 is 1.33 bits per heavy atom. The van der Waals surface area contributed by atoms with Crippen LogP contribution in [0.3, 0.4) is 0 Å². The van der Waals surface area contributed by atoms with Gasteiger partial charge in [-0.1, -0.05) is 6.92 Å². The molecular weight excluding hydrogens is 328 g/mol. The van der Waals surface area contributed by atoms with Crippen LogP contribution in [0.25, 0.3) is 5.69 Å². The molecule has 1 unspecified atom stereocenters. The molecule has 1 atom stereocenters. The predicted molar refractivity (Wildman–Crippen MR) is 88.5 cm³/mol. The lowest BCUT2D eigenvalue weighted by Gasteiger charge is -2.33. The number of anilines is 2. The molecule has 1 aliphatic rings. The van der Waals surface area contributed by atoms with Crippen molar-refractivity contribution in [3.8, 4) is 5.69 Å². The minimum absolute atomic E-state index is 0.0131. The molecule has 1 aliphatic heterocycles. The molecule has 0 N–H and O–H groups in total. The van der Waals surface area contributed by atoms with Gasteiger partial charge in [-0.05, 0) is 18.3 Å². The molecule has 0 fully saturated rings. The second-order valence-electron chi connectivity index (χ2n) is 5.94. The third-order valence-corrected chi connectivity index (χ3v) is 4.67. The van der Waals surface area contributed by atoms with Gasteiger partial charge in [0.15, 0.2) is 11.5 Å². The first-order valence-corrected chi connectivity index (χ1v) is 8.15. The van der Waals surface area contributed by atoms with Gasteiger partial charge < -0.3 is 0 Å². The largest absolute Gasteiger partial charge is 0.398 e. The summed E-state index contributed by atoms with van der Waals surface area (Å²) in [7, 11) is 3.77. The van der Waals surface area contributed by atoms with Gasteiger partial charge in [0.2, 0.25) is 0 Å². The maximum atomic E-state index is 6.30. The van der Waals surface area contributed by atoms with E-state index in [2.05, 4.69) is 36.7 Å². The van der Waals surface area contributed by atoms with E-state index in [0.717, 1.165) is 35.3 Å². The van der Waals surface area contributed by atoms with Gasteiger partial charge in [0.1, 0.15) is 12.0 Å². The van der Waals surface area contributed by atoms with E-state index < -0.39 is 0 Å². The maximum Gasteiger partial charge on any atom is 0.398 e. The van der Waals surface area contributed by atoms with Crippen LogP contribution in [0.5, 0.6) is 0 Å². The van der Waals surface area contributed by atoms with Crippen LogP contribution >= 0.6 is 11.6 Å². The molecule has 0 aromatic carbocycles. The van der Waals surface area contributed by atoms with Crippen LogP contribution in [0.15, 0.2) is 18.6 Å². The number of aromatic nitrogens is 7. The minimum Gasteiger partial charge on any atom is -0.290 e. The standard InChI is InChI=1S/C15H18ClN8/c1-5-11-14-20-19-9(2)23(14)12-8-21(3)15(16)18-13(12)24(11)10-6-17-22(4)7-10/h6-8,11H,5H2,1-4H3/q+1. The predicted octanol–water partition coefficient (Wildman–Crippen LogP) is 1.78. The van der Waals surface area contributed by atoms with Gasteiger partial charge in [-0.2, -0.15) is 5.10 Å². The highest BCUT2D eigenvalue weighted by Gasteiger charge is 2.39. The van der Waals surface area contributed by atoms with Crippen LogP contribution in [-0.4, -0.2) is 29.5 Å². The first-order chi connectivity index (χ1) is 11.5. The van der Waals surface area contributed by atoms with Gasteiger partial charge in [0.25, 0.3) is 5.82 Å². The van der Waals surface area contributed by atoms with Crippen molar-refractivity contribution in [2.24, 2.45) is 14.1 Å². The summed E-state index contributed by atoms with van der Waals surface area (Å²) in [5.41, 5.74) is 1.86. The van der Waals surface area contributed by atoms with E-state index in [0.29, 0.717) is 5.28 Å². The Morgan fingerprint density at radius 3 is 2.79 bits per heavy atom. The van der Waals surface area contributed by atoms with E-state index >= 15 is 0 Å².